The van der Waals surface area contributed by atoms with Crippen LogP contribution in [0.25, 0.3) is 0 Å². The molecule has 7 nitrogen and oxygen atoms in total. The second kappa shape index (κ2) is 11.3. The van der Waals surface area contributed by atoms with Crippen molar-refractivity contribution >= 4 is 23.5 Å². The molecule has 1 aliphatic heterocycles. The molecule has 1 fully saturated rings. The smallest absolute Gasteiger partial charge is 0.251 e. The molecule has 0 bridgehead atoms. The lowest BCUT2D eigenvalue weighted by Crippen LogP contribution is -2.31. The minimum Gasteiger partial charge on any atom is -0.378 e. The van der Waals surface area contributed by atoms with Crippen LogP contribution in [0.1, 0.15) is 34.5 Å². The van der Waals surface area contributed by atoms with Crippen LogP contribution in [0.5, 0.6) is 0 Å². The number of likely N-dealkylation sites (N-methyl/N-ethyl adjacent to an activating group) is 1. The van der Waals surface area contributed by atoms with Crippen molar-refractivity contribution in [3.05, 3.63) is 47.2 Å². The zero-order valence-electron chi connectivity index (χ0n) is 18.1. The number of rotatable bonds is 10. The molecule has 1 saturated heterocycles. The van der Waals surface area contributed by atoms with E-state index in [0.29, 0.717) is 24.5 Å². The number of methoxy groups -OCH3 is 1. The van der Waals surface area contributed by atoms with Gasteiger partial charge >= 0.3 is 0 Å². The molecule has 0 saturated carbocycles. The fraction of sp³-hybridized carbons (Fsp3) is 0.500. The summed E-state index contributed by atoms with van der Waals surface area (Å²) < 4.78 is 5.29. The van der Waals surface area contributed by atoms with Gasteiger partial charge in [0.25, 0.3) is 5.91 Å². The molecule has 8 heteroatoms. The van der Waals surface area contributed by atoms with E-state index in [2.05, 4.69) is 15.2 Å². The third-order valence-electron chi connectivity index (χ3n) is 4.87. The van der Waals surface area contributed by atoms with Crippen LogP contribution in [0.15, 0.2) is 35.5 Å². The average molecular weight is 430 g/mol. The number of aromatic nitrogens is 2. The normalized spacial score (nSPS) is 13.8. The summed E-state index contributed by atoms with van der Waals surface area (Å²) in [5.74, 6) is 1.64. The summed E-state index contributed by atoms with van der Waals surface area (Å²) in [5, 5.41) is 3.70. The number of nitrogens with one attached hydrogen (secondary N) is 1. The van der Waals surface area contributed by atoms with Gasteiger partial charge in [-0.05, 0) is 44.6 Å². The van der Waals surface area contributed by atoms with E-state index in [0.717, 1.165) is 41.9 Å². The van der Waals surface area contributed by atoms with Gasteiger partial charge in [-0.2, -0.15) is 0 Å². The van der Waals surface area contributed by atoms with Crippen molar-refractivity contribution in [3.63, 3.8) is 0 Å². The molecule has 1 aromatic carbocycles. The predicted molar refractivity (Wildman–Crippen MR) is 121 cm³/mol. The first kappa shape index (κ1) is 22.5. The van der Waals surface area contributed by atoms with Gasteiger partial charge in [-0.15, -0.1) is 0 Å². The monoisotopic (exact) mass is 429 g/mol. The van der Waals surface area contributed by atoms with Gasteiger partial charge in [0.05, 0.1) is 12.3 Å². The third-order valence-corrected chi connectivity index (χ3v) is 5.79. The summed E-state index contributed by atoms with van der Waals surface area (Å²) in [6, 6.07) is 9.77. The highest BCUT2D eigenvalue weighted by Gasteiger charge is 2.16. The minimum atomic E-state index is -0.0432. The summed E-state index contributed by atoms with van der Waals surface area (Å²) in [7, 11) is 5.66. The fourth-order valence-electron chi connectivity index (χ4n) is 3.30. The Morgan fingerprint density at radius 1 is 1.23 bits per heavy atom. The Kier molecular flexibility index (Phi) is 8.48. The van der Waals surface area contributed by atoms with Gasteiger partial charge in [0.2, 0.25) is 0 Å². The minimum absolute atomic E-state index is 0.0432. The highest BCUT2D eigenvalue weighted by molar-refractivity contribution is 7.98. The molecule has 2 heterocycles. The molecule has 1 aliphatic rings. The van der Waals surface area contributed by atoms with E-state index in [-0.39, 0.29) is 5.91 Å². The first-order valence-electron chi connectivity index (χ1n) is 10.3. The molecule has 162 valence electrons. The number of carbonyl (C=O) groups is 1. The van der Waals surface area contributed by atoms with E-state index < -0.39 is 0 Å². The SMILES string of the molecule is COCc1cc(N2CCCC2)nc(SCc2cccc(C(=O)NCCN(C)C)c2)n1. The quantitative estimate of drug-likeness (QED) is 0.460. The summed E-state index contributed by atoms with van der Waals surface area (Å²) >= 11 is 1.59. The van der Waals surface area contributed by atoms with Crippen LogP contribution in [0.3, 0.4) is 0 Å². The Balaban J connectivity index is 1.65. The number of hydrogen-bond donors (Lipinski definition) is 1. The molecule has 30 heavy (non-hydrogen) atoms. The molecule has 0 unspecified atom stereocenters. The zero-order chi connectivity index (χ0) is 21.3. The highest BCUT2D eigenvalue weighted by atomic mass is 32.2. The number of amides is 1. The molecule has 1 N–H and O–H groups in total. The van der Waals surface area contributed by atoms with Gasteiger partial charge in [-0.3, -0.25) is 4.79 Å². The van der Waals surface area contributed by atoms with Gasteiger partial charge in [-0.25, -0.2) is 9.97 Å². The Labute approximate surface area is 183 Å². The van der Waals surface area contributed by atoms with Crippen LogP contribution >= 0.6 is 11.8 Å². The van der Waals surface area contributed by atoms with Crippen molar-refractivity contribution in [1.29, 1.82) is 0 Å². The lowest BCUT2D eigenvalue weighted by Gasteiger charge is -2.17. The maximum Gasteiger partial charge on any atom is 0.251 e. The van der Waals surface area contributed by atoms with Crippen molar-refractivity contribution < 1.29 is 9.53 Å². The number of nitrogens with zero attached hydrogens (tertiary/aromatic N) is 4. The molecule has 2 aromatic rings. The topological polar surface area (TPSA) is 70.6 Å². The molecule has 0 aliphatic carbocycles. The van der Waals surface area contributed by atoms with Crippen molar-refractivity contribution in [2.45, 2.75) is 30.4 Å². The molecular formula is C22H31N5O2S. The Hall–Kier alpha value is -2.16. The number of hydrogen-bond acceptors (Lipinski definition) is 7. The first-order valence-corrected chi connectivity index (χ1v) is 11.3. The highest BCUT2D eigenvalue weighted by Crippen LogP contribution is 2.25. The van der Waals surface area contributed by atoms with Crippen LogP contribution in [0.2, 0.25) is 0 Å². The van der Waals surface area contributed by atoms with Gasteiger partial charge in [-0.1, -0.05) is 23.9 Å². The molecule has 0 radical (unpaired) electrons. The summed E-state index contributed by atoms with van der Waals surface area (Å²) in [6.45, 7) is 4.00. The first-order chi connectivity index (χ1) is 14.5. The van der Waals surface area contributed by atoms with Crippen molar-refractivity contribution in [3.8, 4) is 0 Å². The number of anilines is 1. The van der Waals surface area contributed by atoms with Crippen LogP contribution in [0.4, 0.5) is 5.82 Å². The average Bonchev–Trinajstić information content (AvgIpc) is 3.27. The number of benzene rings is 1. The molecule has 0 atom stereocenters. The van der Waals surface area contributed by atoms with Gasteiger partial charge in [0.1, 0.15) is 5.82 Å². The number of thioether (sulfide) groups is 1. The lowest BCUT2D eigenvalue weighted by molar-refractivity contribution is 0.0951. The maximum absolute atomic E-state index is 12.4. The lowest BCUT2D eigenvalue weighted by atomic mass is 10.1. The largest absolute Gasteiger partial charge is 0.378 e. The van der Waals surface area contributed by atoms with Gasteiger partial charge in [0, 0.05) is 50.7 Å². The van der Waals surface area contributed by atoms with E-state index in [4.69, 9.17) is 9.72 Å². The summed E-state index contributed by atoms with van der Waals surface area (Å²) in [5.41, 5.74) is 2.65. The number of carbonyl (C=O) groups excluding carboxylic acids is 1. The summed E-state index contributed by atoms with van der Waals surface area (Å²) in [4.78, 5) is 26.1. The third kappa shape index (κ3) is 6.68. The molecule has 3 rings (SSSR count). The van der Waals surface area contributed by atoms with E-state index >= 15 is 0 Å². The second-order valence-corrected chi connectivity index (χ2v) is 8.62. The zero-order valence-corrected chi connectivity index (χ0v) is 18.9. The molecule has 1 aromatic heterocycles. The Bertz CT molecular complexity index is 840. The van der Waals surface area contributed by atoms with Crippen LogP contribution in [-0.4, -0.2) is 68.2 Å². The standard InChI is InChI=1S/C22H31N5O2S/c1-26(2)12-9-23-21(28)18-8-6-7-17(13-18)16-30-22-24-19(15-29-3)14-20(25-22)27-10-4-5-11-27/h6-8,13-14H,4-5,9-12,15-16H2,1-3H3,(H,23,28). The van der Waals surface area contributed by atoms with Crippen LogP contribution in [0, 0.1) is 0 Å². The maximum atomic E-state index is 12.4. The fourth-order valence-corrected chi connectivity index (χ4v) is 4.11. The van der Waals surface area contributed by atoms with Crippen molar-refractivity contribution in [1.82, 2.24) is 20.2 Å². The molecule has 0 spiro atoms. The van der Waals surface area contributed by atoms with E-state index in [1.165, 1.54) is 12.8 Å². The van der Waals surface area contributed by atoms with Crippen molar-refractivity contribution in [2.75, 3.05) is 52.3 Å². The second-order valence-electron chi connectivity index (χ2n) is 7.68. The van der Waals surface area contributed by atoms with E-state index in [9.17, 15) is 4.79 Å². The van der Waals surface area contributed by atoms with Crippen molar-refractivity contribution in [2.24, 2.45) is 0 Å². The Morgan fingerprint density at radius 2 is 2.03 bits per heavy atom. The predicted octanol–water partition coefficient (Wildman–Crippen LogP) is 2.81. The van der Waals surface area contributed by atoms with E-state index in [1.54, 1.807) is 18.9 Å². The molecular weight excluding hydrogens is 398 g/mol. The van der Waals surface area contributed by atoms with Gasteiger partial charge in [0.15, 0.2) is 5.16 Å². The Morgan fingerprint density at radius 3 is 2.77 bits per heavy atom. The molecule has 1 amide bonds. The van der Waals surface area contributed by atoms with Crippen LogP contribution in [-0.2, 0) is 17.1 Å². The summed E-state index contributed by atoms with van der Waals surface area (Å²) in [6.07, 6.45) is 2.41. The van der Waals surface area contributed by atoms with Crippen LogP contribution < -0.4 is 10.2 Å². The van der Waals surface area contributed by atoms with Gasteiger partial charge < -0.3 is 19.9 Å². The number of ether oxygens (including phenoxy) is 1. The van der Waals surface area contributed by atoms with E-state index in [1.807, 2.05) is 49.3 Å².